The van der Waals surface area contributed by atoms with Crippen LogP contribution < -0.4 is 4.74 Å². The first-order valence-corrected chi connectivity index (χ1v) is 8.04. The van der Waals surface area contributed by atoms with E-state index in [1.54, 1.807) is 29.8 Å². The zero-order valence-electron chi connectivity index (χ0n) is 8.79. The van der Waals surface area contributed by atoms with Gasteiger partial charge in [-0.15, -0.1) is 22.7 Å². The molecule has 0 N–H and O–H groups in total. The number of hydrogen-bond donors (Lipinski definition) is 0. The number of aryl methyl sites for hydroxylation is 1. The molecule has 0 bridgehead atoms. The van der Waals surface area contributed by atoms with Gasteiger partial charge in [0.15, 0.2) is 0 Å². The molecule has 0 fully saturated rings. The molecule has 0 aliphatic rings. The van der Waals surface area contributed by atoms with E-state index in [0.717, 1.165) is 5.75 Å². The lowest BCUT2D eigenvalue weighted by atomic mass is 10.2. The molecule has 0 amide bonds. The number of thiophene rings is 2. The molecule has 0 aliphatic carbocycles. The summed E-state index contributed by atoms with van der Waals surface area (Å²) in [6, 6.07) is 4.25. The molecule has 1 nitrogen and oxygen atoms in total. The van der Waals surface area contributed by atoms with Gasteiger partial charge in [0.05, 0.1) is 15.7 Å². The van der Waals surface area contributed by atoms with Crippen molar-refractivity contribution >= 4 is 54.5 Å². The van der Waals surface area contributed by atoms with E-state index < -0.39 is 0 Å². The van der Waals surface area contributed by atoms with Crippen molar-refractivity contribution in [1.82, 2.24) is 0 Å². The molecule has 2 aromatic rings. The number of ether oxygens (including phenoxy) is 1. The molecule has 0 spiro atoms. The van der Waals surface area contributed by atoms with Gasteiger partial charge in [-0.3, -0.25) is 0 Å². The maximum absolute atomic E-state index is 5.20. The summed E-state index contributed by atoms with van der Waals surface area (Å²) in [5.41, 5.74) is 1.32. The van der Waals surface area contributed by atoms with Crippen LogP contribution in [0.5, 0.6) is 5.75 Å². The smallest absolute Gasteiger partial charge is 0.129 e. The highest BCUT2D eigenvalue weighted by Crippen LogP contribution is 2.41. The number of halogens is 2. The Morgan fingerprint density at radius 3 is 2.62 bits per heavy atom. The second kappa shape index (κ2) is 5.21. The first-order valence-electron chi connectivity index (χ1n) is 4.64. The summed E-state index contributed by atoms with van der Waals surface area (Å²) in [5, 5.41) is 2.03. The minimum Gasteiger partial charge on any atom is -0.496 e. The molecule has 1 unspecified atom stereocenters. The Kier molecular flexibility index (Phi) is 4.11. The van der Waals surface area contributed by atoms with Crippen LogP contribution in [-0.4, -0.2) is 7.11 Å². The van der Waals surface area contributed by atoms with Crippen LogP contribution in [0.15, 0.2) is 21.3 Å². The van der Waals surface area contributed by atoms with Gasteiger partial charge in [0, 0.05) is 15.1 Å². The lowest BCUT2D eigenvalue weighted by Gasteiger charge is -2.06. The largest absolute Gasteiger partial charge is 0.496 e. The van der Waals surface area contributed by atoms with Gasteiger partial charge in [-0.1, -0.05) is 15.9 Å². The first-order chi connectivity index (χ1) is 7.61. The minimum atomic E-state index is 0.254. The van der Waals surface area contributed by atoms with Crippen LogP contribution >= 0.6 is 54.5 Å². The summed E-state index contributed by atoms with van der Waals surface area (Å²) in [7, 11) is 1.70. The van der Waals surface area contributed by atoms with Crippen molar-refractivity contribution in [3.63, 3.8) is 0 Å². The first kappa shape index (κ1) is 12.6. The Morgan fingerprint density at radius 2 is 2.12 bits per heavy atom. The SMILES string of the molecule is COc1csc(C(Br)c2cc(Br)sc2C)c1. The fourth-order valence-electron chi connectivity index (χ4n) is 1.44. The van der Waals surface area contributed by atoms with Crippen LogP contribution in [-0.2, 0) is 0 Å². The van der Waals surface area contributed by atoms with E-state index in [1.165, 1.54) is 19.1 Å². The fourth-order valence-corrected chi connectivity index (χ4v) is 5.12. The Hall–Kier alpha value is 0.160. The van der Waals surface area contributed by atoms with E-state index in [1.807, 2.05) is 5.38 Å². The third kappa shape index (κ3) is 2.53. The molecular weight excluding hydrogens is 372 g/mol. The Morgan fingerprint density at radius 1 is 1.38 bits per heavy atom. The van der Waals surface area contributed by atoms with E-state index >= 15 is 0 Å². The van der Waals surface area contributed by atoms with Crippen LogP contribution in [0.4, 0.5) is 0 Å². The van der Waals surface area contributed by atoms with E-state index in [-0.39, 0.29) is 4.83 Å². The molecular formula is C11H10Br2OS2. The average molecular weight is 382 g/mol. The number of methoxy groups -OCH3 is 1. The van der Waals surface area contributed by atoms with Gasteiger partial charge < -0.3 is 4.74 Å². The van der Waals surface area contributed by atoms with Crippen LogP contribution in [0.2, 0.25) is 0 Å². The van der Waals surface area contributed by atoms with Crippen LogP contribution in [0.25, 0.3) is 0 Å². The summed E-state index contributed by atoms with van der Waals surface area (Å²) in [6.45, 7) is 2.14. The average Bonchev–Trinajstić information content (AvgIpc) is 2.84. The monoisotopic (exact) mass is 380 g/mol. The lowest BCUT2D eigenvalue weighted by molar-refractivity contribution is 0.416. The molecule has 0 aromatic carbocycles. The maximum Gasteiger partial charge on any atom is 0.129 e. The Labute approximate surface area is 120 Å². The summed E-state index contributed by atoms with van der Waals surface area (Å²) < 4.78 is 6.37. The molecule has 16 heavy (non-hydrogen) atoms. The summed E-state index contributed by atoms with van der Waals surface area (Å²) >= 11 is 10.7. The van der Waals surface area contributed by atoms with Crippen molar-refractivity contribution in [3.8, 4) is 5.75 Å². The fraction of sp³-hybridized carbons (Fsp3) is 0.273. The highest BCUT2D eigenvalue weighted by Gasteiger charge is 2.17. The van der Waals surface area contributed by atoms with Gasteiger partial charge in [0.1, 0.15) is 5.75 Å². The standard InChI is InChI=1S/C11H10Br2OS2/c1-6-8(4-10(12)16-6)11(13)9-3-7(14-2)5-15-9/h3-5,11H,1-2H3. The van der Waals surface area contributed by atoms with Gasteiger partial charge in [0.2, 0.25) is 0 Å². The Bertz CT molecular complexity index is 490. The van der Waals surface area contributed by atoms with Gasteiger partial charge in [-0.05, 0) is 40.5 Å². The third-order valence-corrected chi connectivity index (χ3v) is 6.12. The molecule has 5 heteroatoms. The second-order valence-corrected chi connectivity index (χ2v) is 7.81. The quantitative estimate of drug-likeness (QED) is 0.649. The van der Waals surface area contributed by atoms with E-state index in [0.29, 0.717) is 0 Å². The van der Waals surface area contributed by atoms with E-state index in [2.05, 4.69) is 50.9 Å². The predicted octanol–water partition coefficient (Wildman–Crippen LogP) is 5.37. The maximum atomic E-state index is 5.20. The van der Waals surface area contributed by atoms with Crippen molar-refractivity contribution in [3.05, 3.63) is 36.6 Å². The molecule has 2 heterocycles. The van der Waals surface area contributed by atoms with E-state index in [4.69, 9.17) is 4.74 Å². The number of rotatable bonds is 3. The summed E-state index contributed by atoms with van der Waals surface area (Å²) in [4.78, 5) is 2.86. The van der Waals surface area contributed by atoms with Crippen molar-refractivity contribution in [2.75, 3.05) is 7.11 Å². The summed E-state index contributed by atoms with van der Waals surface area (Å²) in [6.07, 6.45) is 0. The zero-order valence-corrected chi connectivity index (χ0v) is 13.6. The van der Waals surface area contributed by atoms with Crippen molar-refractivity contribution < 1.29 is 4.74 Å². The van der Waals surface area contributed by atoms with Gasteiger partial charge in [-0.25, -0.2) is 0 Å². The molecule has 0 radical (unpaired) electrons. The number of hydrogen-bond acceptors (Lipinski definition) is 3. The molecule has 2 rings (SSSR count). The minimum absolute atomic E-state index is 0.254. The van der Waals surface area contributed by atoms with Crippen molar-refractivity contribution in [2.24, 2.45) is 0 Å². The van der Waals surface area contributed by atoms with Crippen LogP contribution in [0, 0.1) is 6.92 Å². The van der Waals surface area contributed by atoms with Gasteiger partial charge in [-0.2, -0.15) is 0 Å². The van der Waals surface area contributed by atoms with Gasteiger partial charge >= 0.3 is 0 Å². The Balaban J connectivity index is 2.31. The lowest BCUT2D eigenvalue weighted by Crippen LogP contribution is -1.88. The topological polar surface area (TPSA) is 9.23 Å². The molecule has 1 atom stereocenters. The van der Waals surface area contributed by atoms with Gasteiger partial charge in [0.25, 0.3) is 0 Å². The molecule has 2 aromatic heterocycles. The highest BCUT2D eigenvalue weighted by molar-refractivity contribution is 9.11. The number of alkyl halides is 1. The van der Waals surface area contributed by atoms with Crippen LogP contribution in [0.3, 0.4) is 0 Å². The highest BCUT2D eigenvalue weighted by atomic mass is 79.9. The molecule has 0 aliphatic heterocycles. The third-order valence-electron chi connectivity index (χ3n) is 2.28. The summed E-state index contributed by atoms with van der Waals surface area (Å²) in [5.74, 6) is 0.927. The molecule has 0 saturated heterocycles. The van der Waals surface area contributed by atoms with E-state index in [9.17, 15) is 0 Å². The second-order valence-electron chi connectivity index (χ2n) is 3.31. The zero-order chi connectivity index (χ0) is 11.7. The predicted molar refractivity (Wildman–Crippen MR) is 78.4 cm³/mol. The normalized spacial score (nSPS) is 12.8. The molecule has 86 valence electrons. The van der Waals surface area contributed by atoms with Crippen molar-refractivity contribution in [1.29, 1.82) is 0 Å². The van der Waals surface area contributed by atoms with Crippen LogP contribution in [0.1, 0.15) is 20.1 Å². The van der Waals surface area contributed by atoms with Crippen molar-refractivity contribution in [2.45, 2.75) is 11.8 Å². The molecule has 0 saturated carbocycles.